The van der Waals surface area contributed by atoms with E-state index in [4.69, 9.17) is 4.74 Å². The van der Waals surface area contributed by atoms with E-state index in [1.807, 2.05) is 12.1 Å². The summed E-state index contributed by atoms with van der Waals surface area (Å²) in [4.78, 5) is 0. The minimum atomic E-state index is 0.329. The molecule has 0 aliphatic carbocycles. The molecule has 2 heterocycles. The summed E-state index contributed by atoms with van der Waals surface area (Å²) in [7, 11) is 0. The highest BCUT2D eigenvalue weighted by Crippen LogP contribution is 2.29. The summed E-state index contributed by atoms with van der Waals surface area (Å²) in [6.45, 7) is 4.98. The molecule has 2 rings (SSSR count). The fraction of sp³-hybridized carbons (Fsp3) is 0.636. The van der Waals surface area contributed by atoms with Crippen LogP contribution in [0.4, 0.5) is 5.82 Å². The highest BCUT2D eigenvalue weighted by atomic mass is 16.5. The van der Waals surface area contributed by atoms with Gasteiger partial charge < -0.3 is 10.1 Å². The Morgan fingerprint density at radius 2 is 2.27 bits per heavy atom. The van der Waals surface area contributed by atoms with E-state index in [2.05, 4.69) is 22.4 Å². The van der Waals surface area contributed by atoms with E-state index in [1.165, 1.54) is 0 Å². The Bertz CT molecular complexity index is 296. The predicted molar refractivity (Wildman–Crippen MR) is 58.7 cm³/mol. The molecule has 0 bridgehead atoms. The smallest absolute Gasteiger partial charge is 0.148 e. The number of rotatable bonds is 3. The summed E-state index contributed by atoms with van der Waals surface area (Å²) in [6, 6.07) is 3.83. The molecule has 0 radical (unpaired) electrons. The van der Waals surface area contributed by atoms with Crippen LogP contribution in [-0.4, -0.2) is 30.0 Å². The Hall–Kier alpha value is -1.16. The van der Waals surface area contributed by atoms with E-state index in [9.17, 15) is 0 Å². The Kier molecular flexibility index (Phi) is 3.16. The van der Waals surface area contributed by atoms with Gasteiger partial charge in [-0.25, -0.2) is 0 Å². The zero-order chi connectivity index (χ0) is 10.6. The van der Waals surface area contributed by atoms with Crippen LogP contribution in [-0.2, 0) is 4.74 Å². The van der Waals surface area contributed by atoms with Gasteiger partial charge >= 0.3 is 0 Å². The summed E-state index contributed by atoms with van der Waals surface area (Å²) in [5.74, 6) is 0.852. The SMILES string of the molecule is CC1(CNc2cccnn2)CCOCC1. The van der Waals surface area contributed by atoms with Gasteiger partial charge in [0.2, 0.25) is 0 Å². The molecule has 4 heteroatoms. The third-order valence-corrected chi connectivity index (χ3v) is 2.97. The van der Waals surface area contributed by atoms with Gasteiger partial charge in [0, 0.05) is 26.0 Å². The first-order chi connectivity index (χ1) is 7.29. The van der Waals surface area contributed by atoms with Gasteiger partial charge in [-0.05, 0) is 30.4 Å². The van der Waals surface area contributed by atoms with Crippen LogP contribution in [0, 0.1) is 5.41 Å². The number of ether oxygens (including phenoxy) is 1. The molecular weight excluding hydrogens is 190 g/mol. The molecule has 1 aliphatic heterocycles. The first-order valence-corrected chi connectivity index (χ1v) is 5.38. The Labute approximate surface area is 90.1 Å². The molecule has 1 fully saturated rings. The molecule has 0 amide bonds. The number of anilines is 1. The predicted octanol–water partition coefficient (Wildman–Crippen LogP) is 1.71. The number of hydrogen-bond acceptors (Lipinski definition) is 4. The van der Waals surface area contributed by atoms with E-state index < -0.39 is 0 Å². The normalized spacial score (nSPS) is 19.8. The van der Waals surface area contributed by atoms with Crippen LogP contribution in [0.15, 0.2) is 18.3 Å². The van der Waals surface area contributed by atoms with Crippen LogP contribution in [0.3, 0.4) is 0 Å². The molecule has 0 aromatic carbocycles. The van der Waals surface area contributed by atoms with E-state index in [0.717, 1.165) is 38.4 Å². The lowest BCUT2D eigenvalue weighted by Crippen LogP contribution is -2.33. The second-order valence-electron chi connectivity index (χ2n) is 4.39. The summed E-state index contributed by atoms with van der Waals surface area (Å²) < 4.78 is 5.36. The molecule has 0 unspecified atom stereocenters. The maximum absolute atomic E-state index is 5.36. The van der Waals surface area contributed by atoms with Crippen molar-refractivity contribution >= 4 is 5.82 Å². The molecule has 0 atom stereocenters. The summed E-state index contributed by atoms with van der Waals surface area (Å²) in [5.41, 5.74) is 0.329. The molecule has 1 saturated heterocycles. The van der Waals surface area contributed by atoms with Gasteiger partial charge in [0.1, 0.15) is 5.82 Å². The van der Waals surface area contributed by atoms with Crippen LogP contribution < -0.4 is 5.32 Å². The average Bonchev–Trinajstić information content (AvgIpc) is 2.29. The lowest BCUT2D eigenvalue weighted by Gasteiger charge is -2.33. The average molecular weight is 207 g/mol. The van der Waals surface area contributed by atoms with E-state index in [0.29, 0.717) is 5.41 Å². The molecule has 1 aromatic heterocycles. The van der Waals surface area contributed by atoms with Crippen molar-refractivity contribution in [1.29, 1.82) is 0 Å². The van der Waals surface area contributed by atoms with Crippen molar-refractivity contribution < 1.29 is 4.74 Å². The summed E-state index contributed by atoms with van der Waals surface area (Å²) in [5, 5.41) is 11.2. The molecule has 1 aromatic rings. The van der Waals surface area contributed by atoms with Crippen molar-refractivity contribution in [3.63, 3.8) is 0 Å². The van der Waals surface area contributed by atoms with Gasteiger partial charge in [-0.2, -0.15) is 5.10 Å². The molecule has 1 aliphatic rings. The highest BCUT2D eigenvalue weighted by molar-refractivity contribution is 5.31. The summed E-state index contributed by atoms with van der Waals surface area (Å²) >= 11 is 0. The topological polar surface area (TPSA) is 47.0 Å². The van der Waals surface area contributed by atoms with Crippen molar-refractivity contribution in [2.75, 3.05) is 25.1 Å². The fourth-order valence-electron chi connectivity index (χ4n) is 1.74. The lowest BCUT2D eigenvalue weighted by molar-refractivity contribution is 0.0299. The lowest BCUT2D eigenvalue weighted by atomic mass is 9.82. The van der Waals surface area contributed by atoms with Gasteiger partial charge in [-0.15, -0.1) is 5.10 Å². The fourth-order valence-corrected chi connectivity index (χ4v) is 1.74. The van der Waals surface area contributed by atoms with Crippen molar-refractivity contribution in [2.24, 2.45) is 5.41 Å². The van der Waals surface area contributed by atoms with Gasteiger partial charge in [-0.1, -0.05) is 6.92 Å². The van der Waals surface area contributed by atoms with Crippen molar-refractivity contribution in [3.05, 3.63) is 18.3 Å². The summed E-state index contributed by atoms with van der Waals surface area (Å²) in [6.07, 6.45) is 3.90. The van der Waals surface area contributed by atoms with Gasteiger partial charge in [0.05, 0.1) is 0 Å². The Morgan fingerprint density at radius 3 is 2.93 bits per heavy atom. The van der Waals surface area contributed by atoms with Crippen molar-refractivity contribution in [1.82, 2.24) is 10.2 Å². The molecule has 0 spiro atoms. The third-order valence-electron chi connectivity index (χ3n) is 2.97. The largest absolute Gasteiger partial charge is 0.381 e. The monoisotopic (exact) mass is 207 g/mol. The maximum Gasteiger partial charge on any atom is 0.148 e. The maximum atomic E-state index is 5.36. The van der Waals surface area contributed by atoms with Crippen LogP contribution in [0.1, 0.15) is 19.8 Å². The Morgan fingerprint density at radius 1 is 1.47 bits per heavy atom. The number of aromatic nitrogens is 2. The second-order valence-corrected chi connectivity index (χ2v) is 4.39. The molecule has 0 saturated carbocycles. The first kappa shape index (κ1) is 10.4. The molecule has 15 heavy (non-hydrogen) atoms. The molecule has 4 nitrogen and oxygen atoms in total. The minimum absolute atomic E-state index is 0.329. The quantitative estimate of drug-likeness (QED) is 0.819. The van der Waals surface area contributed by atoms with E-state index >= 15 is 0 Å². The standard InChI is InChI=1S/C11H17N3O/c1-11(4-7-15-8-5-11)9-12-10-3-2-6-13-14-10/h2-3,6H,4-5,7-9H2,1H3,(H,12,14). The van der Waals surface area contributed by atoms with Crippen LogP contribution in [0.2, 0.25) is 0 Å². The molecular formula is C11H17N3O. The van der Waals surface area contributed by atoms with Crippen LogP contribution >= 0.6 is 0 Å². The van der Waals surface area contributed by atoms with Gasteiger partial charge in [-0.3, -0.25) is 0 Å². The third kappa shape index (κ3) is 2.89. The van der Waals surface area contributed by atoms with Crippen molar-refractivity contribution in [2.45, 2.75) is 19.8 Å². The van der Waals surface area contributed by atoms with Crippen molar-refractivity contribution in [3.8, 4) is 0 Å². The number of nitrogens with zero attached hydrogens (tertiary/aromatic N) is 2. The molecule has 1 N–H and O–H groups in total. The highest BCUT2D eigenvalue weighted by Gasteiger charge is 2.26. The minimum Gasteiger partial charge on any atom is -0.381 e. The zero-order valence-electron chi connectivity index (χ0n) is 9.07. The second kappa shape index (κ2) is 4.57. The number of hydrogen-bond donors (Lipinski definition) is 1. The van der Waals surface area contributed by atoms with Crippen LogP contribution in [0.25, 0.3) is 0 Å². The Balaban J connectivity index is 1.87. The van der Waals surface area contributed by atoms with E-state index in [1.54, 1.807) is 6.20 Å². The van der Waals surface area contributed by atoms with E-state index in [-0.39, 0.29) is 0 Å². The first-order valence-electron chi connectivity index (χ1n) is 5.38. The van der Waals surface area contributed by atoms with Gasteiger partial charge in [0.15, 0.2) is 0 Å². The van der Waals surface area contributed by atoms with Gasteiger partial charge in [0.25, 0.3) is 0 Å². The number of nitrogens with one attached hydrogen (secondary N) is 1. The van der Waals surface area contributed by atoms with Crippen LogP contribution in [0.5, 0.6) is 0 Å². The molecule has 82 valence electrons. The zero-order valence-corrected chi connectivity index (χ0v) is 9.07.